The number of nitrogens with one attached hydrogen (secondary N) is 1. The van der Waals surface area contributed by atoms with E-state index in [4.69, 9.17) is 0 Å². The summed E-state index contributed by atoms with van der Waals surface area (Å²) in [6, 6.07) is 3.83. The number of hydrogen-bond acceptors (Lipinski definition) is 5. The third-order valence-electron chi connectivity index (χ3n) is 3.88. The molecule has 0 radical (unpaired) electrons. The Morgan fingerprint density at radius 2 is 2.05 bits per heavy atom. The number of hydrogen-bond donors (Lipinski definition) is 1. The second kappa shape index (κ2) is 6.75. The molecule has 2 rings (SSSR count). The molecule has 2 heterocycles. The summed E-state index contributed by atoms with van der Waals surface area (Å²) in [5.41, 5.74) is 0. The Bertz CT molecular complexity index is 564. The van der Waals surface area contributed by atoms with Gasteiger partial charge in [0.05, 0.1) is 0 Å². The quantitative estimate of drug-likeness (QED) is 0.897. The smallest absolute Gasteiger partial charge is 0.179 e. The summed E-state index contributed by atoms with van der Waals surface area (Å²) in [6.07, 6.45) is 5.04. The Balaban J connectivity index is 2.03. The molecule has 0 atom stereocenters. The highest BCUT2D eigenvalue weighted by atomic mass is 32.2. The fraction of sp³-hybridized carbons (Fsp3) is 0.667. The molecule has 0 saturated carbocycles. The minimum Gasteiger partial charge on any atom is -0.356 e. The molecule has 1 aliphatic rings. The van der Waals surface area contributed by atoms with Gasteiger partial charge < -0.3 is 10.2 Å². The maximum atomic E-state index is 11.9. The molecule has 0 bridgehead atoms. The summed E-state index contributed by atoms with van der Waals surface area (Å²) in [4.78, 5) is 6.74. The van der Waals surface area contributed by atoms with E-state index in [0.717, 1.165) is 32.5 Å². The lowest BCUT2D eigenvalue weighted by atomic mass is 9.96. The topological polar surface area (TPSA) is 62.3 Å². The lowest BCUT2D eigenvalue weighted by Crippen LogP contribution is -2.39. The monoisotopic (exact) mass is 311 g/mol. The minimum atomic E-state index is -3.23. The van der Waals surface area contributed by atoms with Crippen LogP contribution in [0.1, 0.15) is 26.7 Å². The van der Waals surface area contributed by atoms with Gasteiger partial charge in [-0.1, -0.05) is 13.8 Å². The van der Waals surface area contributed by atoms with Crippen molar-refractivity contribution in [3.63, 3.8) is 0 Å². The van der Waals surface area contributed by atoms with Crippen LogP contribution in [0.15, 0.2) is 23.2 Å². The zero-order valence-corrected chi connectivity index (χ0v) is 13.9. The summed E-state index contributed by atoms with van der Waals surface area (Å²) < 4.78 is 23.7. The third-order valence-corrected chi connectivity index (χ3v) is 5.00. The Hall–Kier alpha value is -1.14. The Morgan fingerprint density at radius 3 is 2.62 bits per heavy atom. The van der Waals surface area contributed by atoms with Crippen molar-refractivity contribution in [1.29, 1.82) is 0 Å². The molecule has 5 nitrogen and oxygen atoms in total. The molecule has 0 aromatic carbocycles. The average molecular weight is 311 g/mol. The number of sulfone groups is 1. The molecule has 1 aliphatic heterocycles. The molecular formula is C15H25N3O2S. The van der Waals surface area contributed by atoms with Crippen LogP contribution >= 0.6 is 0 Å². The first kappa shape index (κ1) is 16.2. The predicted octanol–water partition coefficient (Wildman–Crippen LogP) is 1.70. The van der Waals surface area contributed by atoms with Gasteiger partial charge in [0.2, 0.25) is 0 Å². The van der Waals surface area contributed by atoms with Crippen molar-refractivity contribution >= 4 is 15.7 Å². The van der Waals surface area contributed by atoms with Crippen LogP contribution in [0.4, 0.5) is 5.82 Å². The van der Waals surface area contributed by atoms with Crippen molar-refractivity contribution in [2.75, 3.05) is 30.8 Å². The summed E-state index contributed by atoms with van der Waals surface area (Å²) >= 11 is 0. The van der Waals surface area contributed by atoms with Crippen LogP contribution < -0.4 is 10.2 Å². The molecule has 0 unspecified atom stereocenters. The molecular weight excluding hydrogens is 286 g/mol. The predicted molar refractivity (Wildman–Crippen MR) is 85.4 cm³/mol. The molecule has 0 spiro atoms. The SMILES string of the molecule is CC(C)NCC1CCN(c2ncccc2S(C)(=O)=O)CC1. The standard InChI is InChI=1S/C15H25N3O2S/c1-12(2)17-11-13-6-9-18(10-7-13)15-14(21(3,19)20)5-4-8-16-15/h4-5,8,12-13,17H,6-7,9-11H2,1-3H3. The number of rotatable bonds is 5. The van der Waals surface area contributed by atoms with Gasteiger partial charge in [-0.3, -0.25) is 0 Å². The van der Waals surface area contributed by atoms with Gasteiger partial charge in [-0.05, 0) is 37.4 Å². The summed E-state index contributed by atoms with van der Waals surface area (Å²) in [7, 11) is -3.23. The Labute approximate surface area is 127 Å². The van der Waals surface area contributed by atoms with Crippen molar-refractivity contribution in [2.24, 2.45) is 5.92 Å². The van der Waals surface area contributed by atoms with Gasteiger partial charge in [-0.25, -0.2) is 13.4 Å². The fourth-order valence-electron chi connectivity index (χ4n) is 2.66. The normalized spacial score (nSPS) is 17.4. The molecule has 1 aromatic rings. The van der Waals surface area contributed by atoms with E-state index in [1.54, 1.807) is 18.3 Å². The molecule has 0 aliphatic carbocycles. The molecule has 21 heavy (non-hydrogen) atoms. The van der Waals surface area contributed by atoms with E-state index in [0.29, 0.717) is 22.7 Å². The van der Waals surface area contributed by atoms with Crippen molar-refractivity contribution in [2.45, 2.75) is 37.6 Å². The van der Waals surface area contributed by atoms with E-state index in [1.165, 1.54) is 6.26 Å². The van der Waals surface area contributed by atoms with Crippen molar-refractivity contribution in [3.8, 4) is 0 Å². The first-order valence-corrected chi connectivity index (χ1v) is 9.40. The maximum Gasteiger partial charge on any atom is 0.179 e. The van der Waals surface area contributed by atoms with Crippen LogP contribution in [-0.4, -0.2) is 45.3 Å². The van der Waals surface area contributed by atoms with Gasteiger partial charge in [-0.15, -0.1) is 0 Å². The van der Waals surface area contributed by atoms with Crippen molar-refractivity contribution in [3.05, 3.63) is 18.3 Å². The first-order valence-electron chi connectivity index (χ1n) is 7.51. The fourth-order valence-corrected chi connectivity index (χ4v) is 3.50. The summed E-state index contributed by atoms with van der Waals surface area (Å²) in [5.74, 6) is 1.27. The Morgan fingerprint density at radius 1 is 1.38 bits per heavy atom. The number of aromatic nitrogens is 1. The average Bonchev–Trinajstić information content (AvgIpc) is 2.45. The molecule has 118 valence electrons. The number of pyridine rings is 1. The summed E-state index contributed by atoms with van der Waals surface area (Å²) in [6.45, 7) is 7.07. The number of anilines is 1. The first-order chi connectivity index (χ1) is 9.88. The van der Waals surface area contributed by atoms with E-state index in [-0.39, 0.29) is 0 Å². The van der Waals surface area contributed by atoms with Gasteiger partial charge in [0.1, 0.15) is 10.7 Å². The van der Waals surface area contributed by atoms with Gasteiger partial charge in [0.25, 0.3) is 0 Å². The second-order valence-corrected chi connectivity index (χ2v) is 8.07. The zero-order chi connectivity index (χ0) is 15.5. The molecule has 6 heteroatoms. The largest absolute Gasteiger partial charge is 0.356 e. The van der Waals surface area contributed by atoms with E-state index < -0.39 is 9.84 Å². The minimum absolute atomic E-state index is 0.337. The maximum absolute atomic E-state index is 11.9. The van der Waals surface area contributed by atoms with Crippen LogP contribution in [0.25, 0.3) is 0 Å². The highest BCUT2D eigenvalue weighted by Gasteiger charge is 2.24. The number of nitrogens with zero attached hydrogens (tertiary/aromatic N) is 2. The highest BCUT2D eigenvalue weighted by Crippen LogP contribution is 2.26. The van der Waals surface area contributed by atoms with E-state index >= 15 is 0 Å². The van der Waals surface area contributed by atoms with E-state index in [2.05, 4.69) is 29.0 Å². The van der Waals surface area contributed by atoms with E-state index in [9.17, 15) is 8.42 Å². The van der Waals surface area contributed by atoms with Crippen LogP contribution in [0.2, 0.25) is 0 Å². The second-order valence-electron chi connectivity index (χ2n) is 6.09. The van der Waals surface area contributed by atoms with Gasteiger partial charge >= 0.3 is 0 Å². The third kappa shape index (κ3) is 4.41. The van der Waals surface area contributed by atoms with E-state index in [1.807, 2.05) is 0 Å². The zero-order valence-electron chi connectivity index (χ0n) is 13.0. The molecule has 1 aromatic heterocycles. The van der Waals surface area contributed by atoms with Gasteiger partial charge in [0.15, 0.2) is 9.84 Å². The van der Waals surface area contributed by atoms with Crippen LogP contribution in [-0.2, 0) is 9.84 Å². The number of piperidine rings is 1. The Kier molecular flexibility index (Phi) is 5.22. The van der Waals surface area contributed by atoms with Gasteiger partial charge in [0, 0.05) is 31.6 Å². The molecule has 0 amide bonds. The van der Waals surface area contributed by atoms with Gasteiger partial charge in [-0.2, -0.15) is 0 Å². The van der Waals surface area contributed by atoms with Crippen molar-refractivity contribution in [1.82, 2.24) is 10.3 Å². The van der Waals surface area contributed by atoms with Crippen LogP contribution in [0.3, 0.4) is 0 Å². The van der Waals surface area contributed by atoms with Crippen molar-refractivity contribution < 1.29 is 8.42 Å². The lowest BCUT2D eigenvalue weighted by Gasteiger charge is -2.34. The molecule has 1 fully saturated rings. The lowest BCUT2D eigenvalue weighted by molar-refractivity contribution is 0.369. The molecule has 1 N–H and O–H groups in total. The van der Waals surface area contributed by atoms with Crippen LogP contribution in [0.5, 0.6) is 0 Å². The van der Waals surface area contributed by atoms with Crippen LogP contribution in [0, 0.1) is 5.92 Å². The highest BCUT2D eigenvalue weighted by molar-refractivity contribution is 7.90. The molecule has 1 saturated heterocycles. The summed E-state index contributed by atoms with van der Waals surface area (Å²) in [5, 5.41) is 3.48.